The molecular formula is C15H20Cl2N2O3S. The molecule has 1 aliphatic heterocycles. The zero-order chi connectivity index (χ0) is 17.4. The molecule has 1 heterocycles. The highest BCUT2D eigenvalue weighted by Gasteiger charge is 2.34. The van der Waals surface area contributed by atoms with Gasteiger partial charge >= 0.3 is 0 Å². The van der Waals surface area contributed by atoms with E-state index in [-0.39, 0.29) is 28.9 Å². The summed E-state index contributed by atoms with van der Waals surface area (Å²) in [6, 6.07) is 4.37. The van der Waals surface area contributed by atoms with Crippen molar-refractivity contribution in [3.8, 4) is 0 Å². The molecule has 0 aromatic heterocycles. The number of carbonyl (C=O) groups excluding carboxylic acids is 1. The van der Waals surface area contributed by atoms with E-state index in [0.717, 1.165) is 0 Å². The smallest absolute Gasteiger partial charge is 0.244 e. The van der Waals surface area contributed by atoms with Crippen molar-refractivity contribution >= 4 is 39.1 Å². The van der Waals surface area contributed by atoms with Crippen LogP contribution >= 0.6 is 23.2 Å². The van der Waals surface area contributed by atoms with E-state index in [0.29, 0.717) is 18.1 Å². The van der Waals surface area contributed by atoms with Gasteiger partial charge in [0, 0.05) is 36.6 Å². The number of piperazine rings is 1. The summed E-state index contributed by atoms with van der Waals surface area (Å²) >= 11 is 11.9. The van der Waals surface area contributed by atoms with Crippen LogP contribution in [0.15, 0.2) is 23.1 Å². The molecule has 0 saturated carbocycles. The molecule has 0 atom stereocenters. The predicted molar refractivity (Wildman–Crippen MR) is 91.3 cm³/mol. The Hall–Kier alpha value is -0.820. The van der Waals surface area contributed by atoms with Crippen molar-refractivity contribution in [2.45, 2.75) is 25.7 Å². The first-order valence-electron chi connectivity index (χ1n) is 7.28. The molecular weight excluding hydrogens is 359 g/mol. The first-order chi connectivity index (χ1) is 10.5. The maximum absolute atomic E-state index is 12.7. The van der Waals surface area contributed by atoms with Crippen molar-refractivity contribution in [3.05, 3.63) is 28.2 Å². The Morgan fingerprint density at radius 3 is 2.17 bits per heavy atom. The molecule has 1 aromatic carbocycles. The second-order valence-electron chi connectivity index (χ2n) is 6.52. The molecule has 0 spiro atoms. The van der Waals surface area contributed by atoms with E-state index in [4.69, 9.17) is 23.2 Å². The van der Waals surface area contributed by atoms with Crippen molar-refractivity contribution in [2.75, 3.05) is 26.2 Å². The van der Waals surface area contributed by atoms with Crippen LogP contribution in [0.4, 0.5) is 0 Å². The number of sulfonamides is 1. The summed E-state index contributed by atoms with van der Waals surface area (Å²) in [6.07, 6.45) is 0. The molecule has 1 amide bonds. The van der Waals surface area contributed by atoms with Crippen LogP contribution in [0.25, 0.3) is 0 Å². The summed E-state index contributed by atoms with van der Waals surface area (Å²) in [7, 11) is -3.72. The van der Waals surface area contributed by atoms with E-state index in [1.807, 2.05) is 20.8 Å². The third-order valence-corrected chi connectivity index (χ3v) is 6.29. The molecule has 0 bridgehead atoms. The van der Waals surface area contributed by atoms with Crippen molar-refractivity contribution in [3.63, 3.8) is 0 Å². The molecule has 1 fully saturated rings. The SMILES string of the molecule is CC(C)(C)C(=O)N1CCN(S(=O)(=O)c2cc(Cl)ccc2Cl)CC1. The van der Waals surface area contributed by atoms with Gasteiger partial charge in [0.1, 0.15) is 4.90 Å². The highest BCUT2D eigenvalue weighted by Crippen LogP contribution is 2.28. The van der Waals surface area contributed by atoms with Crippen molar-refractivity contribution in [2.24, 2.45) is 5.41 Å². The van der Waals surface area contributed by atoms with E-state index in [1.165, 1.54) is 16.4 Å². The molecule has 1 saturated heterocycles. The van der Waals surface area contributed by atoms with Crippen LogP contribution in [0, 0.1) is 5.41 Å². The normalized spacial score (nSPS) is 17.3. The number of benzene rings is 1. The minimum Gasteiger partial charge on any atom is -0.340 e. The fourth-order valence-electron chi connectivity index (χ4n) is 2.42. The van der Waals surface area contributed by atoms with Gasteiger partial charge in [0.2, 0.25) is 15.9 Å². The third kappa shape index (κ3) is 3.99. The van der Waals surface area contributed by atoms with E-state index in [1.54, 1.807) is 11.0 Å². The van der Waals surface area contributed by atoms with Gasteiger partial charge in [0.15, 0.2) is 0 Å². The summed E-state index contributed by atoms with van der Waals surface area (Å²) in [5.41, 5.74) is -0.475. The molecule has 0 N–H and O–H groups in total. The average molecular weight is 379 g/mol. The molecule has 0 aliphatic carbocycles. The fourth-order valence-corrected chi connectivity index (χ4v) is 4.58. The Morgan fingerprint density at radius 2 is 1.65 bits per heavy atom. The molecule has 1 aromatic rings. The number of amides is 1. The van der Waals surface area contributed by atoms with Crippen LogP contribution in [-0.2, 0) is 14.8 Å². The molecule has 23 heavy (non-hydrogen) atoms. The van der Waals surface area contributed by atoms with Crippen LogP contribution in [-0.4, -0.2) is 49.7 Å². The first kappa shape index (κ1) is 18.5. The molecule has 8 heteroatoms. The summed E-state index contributed by atoms with van der Waals surface area (Å²) in [4.78, 5) is 14.0. The zero-order valence-electron chi connectivity index (χ0n) is 13.3. The Bertz CT molecular complexity index is 706. The first-order valence-corrected chi connectivity index (χ1v) is 9.47. The summed E-state index contributed by atoms with van der Waals surface area (Å²) in [6.45, 7) is 6.78. The molecule has 0 unspecified atom stereocenters. The number of hydrogen-bond donors (Lipinski definition) is 0. The summed E-state index contributed by atoms with van der Waals surface area (Å²) < 4.78 is 26.8. The Labute approximate surface area is 147 Å². The lowest BCUT2D eigenvalue weighted by atomic mass is 9.94. The number of carbonyl (C=O) groups is 1. The Kier molecular flexibility index (Phi) is 5.31. The van der Waals surface area contributed by atoms with Crippen molar-refractivity contribution in [1.82, 2.24) is 9.21 Å². The van der Waals surface area contributed by atoms with Gasteiger partial charge in [0.05, 0.1) is 5.02 Å². The van der Waals surface area contributed by atoms with Crippen LogP contribution in [0.2, 0.25) is 10.0 Å². The molecule has 128 valence electrons. The van der Waals surface area contributed by atoms with Gasteiger partial charge < -0.3 is 4.90 Å². The monoisotopic (exact) mass is 378 g/mol. The van der Waals surface area contributed by atoms with Gasteiger partial charge in [-0.25, -0.2) is 8.42 Å². The minimum atomic E-state index is -3.72. The maximum atomic E-state index is 12.7. The molecule has 1 aliphatic rings. The highest BCUT2D eigenvalue weighted by atomic mass is 35.5. The standard InChI is InChI=1S/C15H20Cl2N2O3S/c1-15(2,3)14(20)18-6-8-19(9-7-18)23(21,22)13-10-11(16)4-5-12(13)17/h4-5,10H,6-9H2,1-3H3. The summed E-state index contributed by atoms with van der Waals surface area (Å²) in [5, 5.41) is 0.456. The lowest BCUT2D eigenvalue weighted by molar-refractivity contribution is -0.140. The van der Waals surface area contributed by atoms with Crippen LogP contribution in [0.1, 0.15) is 20.8 Å². The number of hydrogen-bond acceptors (Lipinski definition) is 3. The Balaban J connectivity index is 2.16. The maximum Gasteiger partial charge on any atom is 0.244 e. The number of rotatable bonds is 2. The van der Waals surface area contributed by atoms with Gasteiger partial charge in [-0.05, 0) is 18.2 Å². The quantitative estimate of drug-likeness (QED) is 0.794. The van der Waals surface area contributed by atoms with Crippen molar-refractivity contribution < 1.29 is 13.2 Å². The average Bonchev–Trinajstić information content (AvgIpc) is 2.48. The van der Waals surface area contributed by atoms with Gasteiger partial charge in [-0.15, -0.1) is 0 Å². The molecule has 0 radical (unpaired) electrons. The van der Waals surface area contributed by atoms with E-state index >= 15 is 0 Å². The number of halogens is 2. The van der Waals surface area contributed by atoms with Gasteiger partial charge in [-0.2, -0.15) is 4.31 Å². The highest BCUT2D eigenvalue weighted by molar-refractivity contribution is 7.89. The number of nitrogens with zero attached hydrogens (tertiary/aromatic N) is 2. The molecule has 5 nitrogen and oxygen atoms in total. The second-order valence-corrected chi connectivity index (χ2v) is 9.27. The van der Waals surface area contributed by atoms with Crippen LogP contribution < -0.4 is 0 Å². The Morgan fingerprint density at radius 1 is 1.09 bits per heavy atom. The second kappa shape index (κ2) is 6.59. The van der Waals surface area contributed by atoms with E-state index in [2.05, 4.69) is 0 Å². The van der Waals surface area contributed by atoms with E-state index in [9.17, 15) is 13.2 Å². The minimum absolute atomic E-state index is 0.00210. The summed E-state index contributed by atoms with van der Waals surface area (Å²) in [5.74, 6) is 0.0235. The van der Waals surface area contributed by atoms with E-state index < -0.39 is 15.4 Å². The van der Waals surface area contributed by atoms with Crippen LogP contribution in [0.3, 0.4) is 0 Å². The lowest BCUT2D eigenvalue weighted by Gasteiger charge is -2.37. The zero-order valence-corrected chi connectivity index (χ0v) is 15.7. The topological polar surface area (TPSA) is 57.7 Å². The molecule has 2 rings (SSSR count). The van der Waals surface area contributed by atoms with Crippen LogP contribution in [0.5, 0.6) is 0 Å². The fraction of sp³-hybridized carbons (Fsp3) is 0.533. The third-order valence-electron chi connectivity index (χ3n) is 3.68. The van der Waals surface area contributed by atoms with Gasteiger partial charge in [-0.1, -0.05) is 44.0 Å². The van der Waals surface area contributed by atoms with Gasteiger partial charge in [-0.3, -0.25) is 4.79 Å². The lowest BCUT2D eigenvalue weighted by Crippen LogP contribution is -2.52. The van der Waals surface area contributed by atoms with Crippen molar-refractivity contribution in [1.29, 1.82) is 0 Å². The van der Waals surface area contributed by atoms with Gasteiger partial charge in [0.25, 0.3) is 0 Å². The predicted octanol–water partition coefficient (Wildman–Crippen LogP) is 2.87. The largest absolute Gasteiger partial charge is 0.340 e.